The molecule has 7 aromatic carbocycles. The summed E-state index contributed by atoms with van der Waals surface area (Å²) in [5, 5.41) is 2.57. The van der Waals surface area contributed by atoms with Crippen LogP contribution in [0.2, 0.25) is 0 Å². The smallest absolute Gasteiger partial charge is 0.0540 e. The average Bonchev–Trinajstić information content (AvgIpc) is 3.97. The Morgan fingerprint density at radius 1 is 0.509 bits per heavy atom. The molecule has 0 saturated heterocycles. The molecule has 3 saturated carbocycles. The summed E-state index contributed by atoms with van der Waals surface area (Å²) in [6, 6.07) is 58.4. The second-order valence-corrected chi connectivity index (χ2v) is 18.3. The van der Waals surface area contributed by atoms with Crippen LogP contribution in [-0.2, 0) is 5.41 Å². The zero-order chi connectivity index (χ0) is 38.1. The highest BCUT2D eigenvalue weighted by molar-refractivity contribution is 6.04. The third-order valence-corrected chi connectivity index (χ3v) is 14.8. The van der Waals surface area contributed by atoms with Crippen molar-refractivity contribution < 1.29 is 0 Å². The summed E-state index contributed by atoms with van der Waals surface area (Å²) < 4.78 is 0. The zero-order valence-corrected chi connectivity index (χ0v) is 33.6. The molecule has 0 amide bonds. The molecule has 0 radical (unpaired) electrons. The molecule has 0 aromatic heterocycles. The number of rotatable bonds is 7. The Hall–Kier alpha value is -5.40. The van der Waals surface area contributed by atoms with Gasteiger partial charge in [-0.1, -0.05) is 161 Å². The van der Waals surface area contributed by atoms with E-state index in [9.17, 15) is 0 Å². The summed E-state index contributed by atoms with van der Waals surface area (Å²) in [6.07, 6.45) is 12.2. The van der Waals surface area contributed by atoms with E-state index in [-0.39, 0.29) is 5.41 Å². The van der Waals surface area contributed by atoms with Gasteiger partial charge < -0.3 is 4.90 Å². The molecule has 1 nitrogen and oxygen atoms in total. The van der Waals surface area contributed by atoms with E-state index in [0.717, 1.165) is 11.8 Å². The van der Waals surface area contributed by atoms with Crippen molar-refractivity contribution >= 4 is 27.8 Å². The Kier molecular flexibility index (Phi) is 8.50. The van der Waals surface area contributed by atoms with Gasteiger partial charge in [0.05, 0.1) is 5.69 Å². The van der Waals surface area contributed by atoms with Gasteiger partial charge in [0.2, 0.25) is 0 Å². The summed E-state index contributed by atoms with van der Waals surface area (Å²) in [4.78, 5) is 2.60. The van der Waals surface area contributed by atoms with Crippen molar-refractivity contribution in [2.75, 3.05) is 4.90 Å². The maximum Gasteiger partial charge on any atom is 0.0540 e. The third kappa shape index (κ3) is 5.80. The first kappa shape index (κ1) is 34.8. The Bertz CT molecular complexity index is 2620. The van der Waals surface area contributed by atoms with E-state index in [1.807, 2.05) is 0 Å². The van der Waals surface area contributed by atoms with Crippen LogP contribution in [0, 0.1) is 11.8 Å². The highest BCUT2D eigenvalue weighted by Gasteiger charge is 2.41. The summed E-state index contributed by atoms with van der Waals surface area (Å²) in [5.41, 5.74) is 17.4. The second-order valence-electron chi connectivity index (χ2n) is 18.3. The van der Waals surface area contributed by atoms with Gasteiger partial charge in [0, 0.05) is 22.4 Å². The van der Waals surface area contributed by atoms with Gasteiger partial charge >= 0.3 is 0 Å². The van der Waals surface area contributed by atoms with E-state index in [2.05, 4.69) is 170 Å². The summed E-state index contributed by atoms with van der Waals surface area (Å²) in [7, 11) is 0. The maximum atomic E-state index is 2.60. The van der Waals surface area contributed by atoms with E-state index in [1.54, 1.807) is 0 Å². The second kappa shape index (κ2) is 13.9. The topological polar surface area (TPSA) is 3.24 Å². The van der Waals surface area contributed by atoms with Gasteiger partial charge in [-0.05, 0) is 147 Å². The third-order valence-electron chi connectivity index (χ3n) is 14.8. The molecule has 4 aliphatic rings. The number of nitrogens with zero attached hydrogens (tertiary/aromatic N) is 1. The van der Waals surface area contributed by atoms with Gasteiger partial charge in [0.1, 0.15) is 0 Å². The fraction of sp³-hybridized carbons (Fsp3) is 0.286. The molecular weight excluding hydrogens is 687 g/mol. The van der Waals surface area contributed by atoms with Gasteiger partial charge in [-0.25, -0.2) is 0 Å². The van der Waals surface area contributed by atoms with Crippen LogP contribution >= 0.6 is 0 Å². The number of hydrogen-bond donors (Lipinski definition) is 0. The molecular formula is C56H53N. The minimum absolute atomic E-state index is 0.161. The normalized spacial score (nSPS) is 20.8. The molecule has 7 aromatic rings. The lowest BCUT2D eigenvalue weighted by atomic mass is 9.80. The van der Waals surface area contributed by atoms with Gasteiger partial charge in [0.25, 0.3) is 0 Å². The SMILES string of the molecule is CC1(C)c2ccccc2-c2c(-c3cccc4ccccc34)cc(N(c3ccc(C4CC5CCC4C5)cc3)c3ccccc3-c3ccccc3C3CCCCC3)cc21. The molecule has 4 aliphatic carbocycles. The Morgan fingerprint density at radius 3 is 2.02 bits per heavy atom. The van der Waals surface area contributed by atoms with Crippen LogP contribution < -0.4 is 4.90 Å². The van der Waals surface area contributed by atoms with Crippen LogP contribution in [0.15, 0.2) is 152 Å². The van der Waals surface area contributed by atoms with Crippen LogP contribution in [-0.4, -0.2) is 0 Å². The predicted molar refractivity (Wildman–Crippen MR) is 241 cm³/mol. The van der Waals surface area contributed by atoms with Crippen LogP contribution in [0.3, 0.4) is 0 Å². The maximum absolute atomic E-state index is 2.60. The first-order chi connectivity index (χ1) is 28.0. The highest BCUT2D eigenvalue weighted by Crippen LogP contribution is 2.57. The number of para-hydroxylation sites is 1. The standard InChI is InChI=1S/C56H53N/c1-56(2)52-25-12-10-23-49(52)55-51(47-24-14-18-39-17-6-7-19-45(39)47)35-43(36-53(55)56)57(42-31-29-40(30-32-42)50-34-37-27-28-41(50)33-37)54-26-13-11-22-48(54)46-21-9-8-20-44(46)38-15-4-3-5-16-38/h6-14,17-26,29-32,35-38,41,50H,3-5,15-16,27-28,33-34H2,1-2H3. The summed E-state index contributed by atoms with van der Waals surface area (Å²) >= 11 is 0. The minimum Gasteiger partial charge on any atom is -0.310 e. The number of benzene rings is 7. The zero-order valence-electron chi connectivity index (χ0n) is 33.6. The number of anilines is 3. The lowest BCUT2D eigenvalue weighted by Crippen LogP contribution is -2.17. The molecule has 3 fully saturated rings. The molecule has 0 heterocycles. The van der Waals surface area contributed by atoms with E-state index in [0.29, 0.717) is 11.8 Å². The van der Waals surface area contributed by atoms with E-state index >= 15 is 0 Å². The monoisotopic (exact) mass is 739 g/mol. The first-order valence-electron chi connectivity index (χ1n) is 21.9. The van der Waals surface area contributed by atoms with E-state index in [1.165, 1.54) is 141 Å². The average molecular weight is 740 g/mol. The van der Waals surface area contributed by atoms with Crippen LogP contribution in [0.1, 0.15) is 106 Å². The van der Waals surface area contributed by atoms with Crippen molar-refractivity contribution in [3.63, 3.8) is 0 Å². The molecule has 3 unspecified atom stereocenters. The van der Waals surface area contributed by atoms with Crippen molar-refractivity contribution in [2.45, 2.75) is 88.9 Å². The molecule has 57 heavy (non-hydrogen) atoms. The summed E-state index contributed by atoms with van der Waals surface area (Å²) in [6.45, 7) is 4.86. The fourth-order valence-electron chi connectivity index (χ4n) is 12.0. The predicted octanol–water partition coefficient (Wildman–Crippen LogP) is 15.9. The molecule has 2 bridgehead atoms. The van der Waals surface area contributed by atoms with Crippen LogP contribution in [0.25, 0.3) is 44.2 Å². The molecule has 3 atom stereocenters. The number of hydrogen-bond acceptors (Lipinski definition) is 1. The van der Waals surface area contributed by atoms with Crippen LogP contribution in [0.4, 0.5) is 17.1 Å². The fourth-order valence-corrected chi connectivity index (χ4v) is 12.0. The Balaban J connectivity index is 1.16. The molecule has 282 valence electrons. The quantitative estimate of drug-likeness (QED) is 0.157. The largest absolute Gasteiger partial charge is 0.310 e. The summed E-state index contributed by atoms with van der Waals surface area (Å²) in [5.74, 6) is 3.10. The van der Waals surface area contributed by atoms with Gasteiger partial charge in [-0.3, -0.25) is 0 Å². The van der Waals surface area contributed by atoms with Crippen molar-refractivity contribution in [1.29, 1.82) is 0 Å². The van der Waals surface area contributed by atoms with E-state index < -0.39 is 0 Å². The highest BCUT2D eigenvalue weighted by atomic mass is 15.1. The van der Waals surface area contributed by atoms with Crippen molar-refractivity contribution in [2.24, 2.45) is 11.8 Å². The molecule has 0 spiro atoms. The minimum atomic E-state index is -0.161. The van der Waals surface area contributed by atoms with Crippen molar-refractivity contribution in [1.82, 2.24) is 0 Å². The molecule has 0 N–H and O–H groups in total. The van der Waals surface area contributed by atoms with Gasteiger partial charge in [-0.2, -0.15) is 0 Å². The van der Waals surface area contributed by atoms with Crippen molar-refractivity contribution in [3.05, 3.63) is 174 Å². The van der Waals surface area contributed by atoms with Crippen LogP contribution in [0.5, 0.6) is 0 Å². The Morgan fingerprint density at radius 2 is 1.21 bits per heavy atom. The lowest BCUT2D eigenvalue weighted by Gasteiger charge is -2.32. The first-order valence-corrected chi connectivity index (χ1v) is 21.9. The van der Waals surface area contributed by atoms with Gasteiger partial charge in [-0.15, -0.1) is 0 Å². The van der Waals surface area contributed by atoms with Gasteiger partial charge in [0.15, 0.2) is 0 Å². The lowest BCUT2D eigenvalue weighted by molar-refractivity contribution is 0.420. The molecule has 1 heteroatoms. The number of fused-ring (bicyclic) bond motifs is 6. The Labute approximate surface area is 339 Å². The molecule has 11 rings (SSSR count). The van der Waals surface area contributed by atoms with Crippen molar-refractivity contribution in [3.8, 4) is 33.4 Å². The van der Waals surface area contributed by atoms with E-state index in [4.69, 9.17) is 0 Å². The molecule has 0 aliphatic heterocycles.